The molecule has 1 rings (SSSR count). The summed E-state index contributed by atoms with van der Waals surface area (Å²) in [5, 5.41) is 12.3. The third-order valence-corrected chi connectivity index (χ3v) is 1.59. The monoisotopic (exact) mass is 201 g/mol. The van der Waals surface area contributed by atoms with Crippen LogP contribution < -0.4 is 5.73 Å². The van der Waals surface area contributed by atoms with Gasteiger partial charge in [-0.1, -0.05) is 12.1 Å². The van der Waals surface area contributed by atoms with Crippen LogP contribution in [0.3, 0.4) is 0 Å². The van der Waals surface area contributed by atoms with Gasteiger partial charge in [-0.25, -0.2) is 0 Å². The molecule has 0 saturated heterocycles. The molecule has 1 aromatic heterocycles. The van der Waals surface area contributed by atoms with Gasteiger partial charge in [0.05, 0.1) is 12.6 Å². The number of rotatable bonds is 6. The lowest BCUT2D eigenvalue weighted by Gasteiger charge is -1.98. The van der Waals surface area contributed by atoms with Crippen molar-refractivity contribution in [3.05, 3.63) is 11.7 Å². The van der Waals surface area contributed by atoms with Gasteiger partial charge in [0, 0.05) is 6.61 Å². The molecule has 14 heavy (non-hydrogen) atoms. The quantitative estimate of drug-likeness (QED) is 0.628. The molecule has 0 amide bonds. The van der Waals surface area contributed by atoms with E-state index in [1.54, 1.807) is 0 Å². The second-order valence-corrected chi connectivity index (χ2v) is 2.89. The van der Waals surface area contributed by atoms with E-state index in [0.29, 0.717) is 24.9 Å². The number of nitrogens with two attached hydrogens (primary N) is 1. The minimum atomic E-state index is -0.585. The Morgan fingerprint density at radius 1 is 1.64 bits per heavy atom. The summed E-state index contributed by atoms with van der Waals surface area (Å²) in [6.07, 6.45) is 0.942. The maximum atomic E-state index is 8.73. The Kier molecular flexibility index (Phi) is 4.51. The van der Waals surface area contributed by atoms with Crippen LogP contribution >= 0.6 is 0 Å². The molecular weight excluding hydrogens is 186 g/mol. The van der Waals surface area contributed by atoms with Crippen molar-refractivity contribution >= 4 is 0 Å². The number of aliphatic hydroxyl groups excluding tert-OH is 1. The van der Waals surface area contributed by atoms with Crippen LogP contribution in [0.4, 0.5) is 0 Å². The Bertz CT molecular complexity index is 264. The van der Waals surface area contributed by atoms with Crippen molar-refractivity contribution in [1.29, 1.82) is 0 Å². The summed E-state index contributed by atoms with van der Waals surface area (Å²) in [4.78, 5) is 3.97. The summed E-state index contributed by atoms with van der Waals surface area (Å²) >= 11 is 0. The van der Waals surface area contributed by atoms with E-state index in [1.807, 2.05) is 6.92 Å². The Balaban J connectivity index is 2.42. The second kappa shape index (κ2) is 5.69. The summed E-state index contributed by atoms with van der Waals surface area (Å²) in [5.74, 6) is 0.694. The van der Waals surface area contributed by atoms with Crippen LogP contribution in [0.5, 0.6) is 0 Å². The number of hydrogen-bond acceptors (Lipinski definition) is 6. The average Bonchev–Trinajstić information content (AvgIpc) is 2.66. The molecule has 0 spiro atoms. The van der Waals surface area contributed by atoms with Crippen LogP contribution in [0.25, 0.3) is 0 Å². The normalized spacial score (nSPS) is 13.1. The summed E-state index contributed by atoms with van der Waals surface area (Å²) < 4.78 is 10.1. The molecule has 1 aromatic rings. The zero-order valence-corrected chi connectivity index (χ0v) is 8.14. The van der Waals surface area contributed by atoms with E-state index in [-0.39, 0.29) is 6.61 Å². The van der Waals surface area contributed by atoms with E-state index in [0.717, 1.165) is 6.42 Å². The fourth-order valence-corrected chi connectivity index (χ4v) is 0.863. The number of aliphatic hydroxyl groups is 1. The summed E-state index contributed by atoms with van der Waals surface area (Å²) in [5.41, 5.74) is 5.49. The lowest BCUT2D eigenvalue weighted by molar-refractivity contribution is 0.0981. The molecule has 0 aromatic carbocycles. The summed E-state index contributed by atoms with van der Waals surface area (Å²) in [6, 6.07) is -0.585. The first kappa shape index (κ1) is 11.1. The molecule has 1 atom stereocenters. The molecule has 0 aliphatic carbocycles. The number of ether oxygens (including phenoxy) is 1. The van der Waals surface area contributed by atoms with Crippen molar-refractivity contribution in [1.82, 2.24) is 10.1 Å². The third-order valence-electron chi connectivity index (χ3n) is 1.59. The molecule has 6 nitrogen and oxygen atoms in total. The molecule has 1 heterocycles. The highest BCUT2D eigenvalue weighted by atomic mass is 16.5. The van der Waals surface area contributed by atoms with E-state index in [4.69, 9.17) is 20.1 Å². The third kappa shape index (κ3) is 3.06. The first-order valence-corrected chi connectivity index (χ1v) is 4.54. The van der Waals surface area contributed by atoms with Crippen molar-refractivity contribution in [3.8, 4) is 0 Å². The van der Waals surface area contributed by atoms with Gasteiger partial charge in [0.2, 0.25) is 0 Å². The lowest BCUT2D eigenvalue weighted by atomic mass is 10.3. The Morgan fingerprint density at radius 3 is 3.07 bits per heavy atom. The number of aromatic nitrogens is 2. The second-order valence-electron chi connectivity index (χ2n) is 2.89. The first-order valence-electron chi connectivity index (χ1n) is 4.54. The van der Waals surface area contributed by atoms with Crippen molar-refractivity contribution in [2.45, 2.75) is 26.0 Å². The van der Waals surface area contributed by atoms with Gasteiger partial charge in [-0.2, -0.15) is 4.98 Å². The molecule has 0 fully saturated rings. The summed E-state index contributed by atoms with van der Waals surface area (Å²) in [7, 11) is 0. The Labute approximate surface area is 82.1 Å². The number of nitrogens with zero attached hydrogens (tertiary/aromatic N) is 2. The molecule has 0 aliphatic rings. The molecule has 0 bridgehead atoms. The summed E-state index contributed by atoms with van der Waals surface area (Å²) in [6.45, 7) is 2.76. The predicted molar refractivity (Wildman–Crippen MR) is 48.3 cm³/mol. The van der Waals surface area contributed by atoms with Gasteiger partial charge < -0.3 is 20.1 Å². The molecule has 80 valence electrons. The van der Waals surface area contributed by atoms with Crippen molar-refractivity contribution in [2.24, 2.45) is 5.73 Å². The van der Waals surface area contributed by atoms with E-state index in [2.05, 4.69) is 10.1 Å². The van der Waals surface area contributed by atoms with Crippen molar-refractivity contribution in [3.63, 3.8) is 0 Å². The molecule has 3 N–H and O–H groups in total. The molecule has 1 unspecified atom stereocenters. The van der Waals surface area contributed by atoms with Crippen LogP contribution in [0.15, 0.2) is 4.52 Å². The first-order chi connectivity index (χ1) is 6.77. The van der Waals surface area contributed by atoms with E-state index >= 15 is 0 Å². The molecule has 6 heteroatoms. The molecule has 0 aliphatic heterocycles. The Hall–Kier alpha value is -0.980. The van der Waals surface area contributed by atoms with Crippen LogP contribution in [0.1, 0.15) is 31.1 Å². The fraction of sp³-hybridized carbons (Fsp3) is 0.750. The standard InChI is InChI=1S/C8H15N3O3/c1-2-3-13-5-7-10-8(11-14-7)6(9)4-12/h6,12H,2-5,9H2,1H3. The van der Waals surface area contributed by atoms with Gasteiger partial charge in [-0.05, 0) is 6.42 Å². The topological polar surface area (TPSA) is 94.4 Å². The largest absolute Gasteiger partial charge is 0.394 e. The maximum absolute atomic E-state index is 8.73. The van der Waals surface area contributed by atoms with Crippen LogP contribution in [0, 0.1) is 0 Å². The average molecular weight is 201 g/mol. The Morgan fingerprint density at radius 2 is 2.43 bits per heavy atom. The van der Waals surface area contributed by atoms with E-state index in [9.17, 15) is 0 Å². The highest BCUT2D eigenvalue weighted by molar-refractivity contribution is 4.91. The lowest BCUT2D eigenvalue weighted by Crippen LogP contribution is -2.16. The number of hydrogen-bond donors (Lipinski definition) is 2. The van der Waals surface area contributed by atoms with Gasteiger partial charge >= 0.3 is 0 Å². The molecular formula is C8H15N3O3. The fourth-order valence-electron chi connectivity index (χ4n) is 0.863. The van der Waals surface area contributed by atoms with Crippen LogP contribution in [-0.4, -0.2) is 28.5 Å². The minimum Gasteiger partial charge on any atom is -0.394 e. The highest BCUT2D eigenvalue weighted by Gasteiger charge is 2.12. The van der Waals surface area contributed by atoms with Crippen molar-refractivity contribution < 1.29 is 14.4 Å². The predicted octanol–water partition coefficient (Wildman–Crippen LogP) is -0.0117. The SMILES string of the molecule is CCCOCc1nc(C(N)CO)no1. The van der Waals surface area contributed by atoms with E-state index in [1.165, 1.54) is 0 Å². The minimum absolute atomic E-state index is 0.200. The van der Waals surface area contributed by atoms with E-state index < -0.39 is 6.04 Å². The molecule has 0 radical (unpaired) electrons. The maximum Gasteiger partial charge on any atom is 0.252 e. The van der Waals surface area contributed by atoms with Gasteiger partial charge in [0.25, 0.3) is 5.89 Å². The zero-order valence-electron chi connectivity index (χ0n) is 8.14. The smallest absolute Gasteiger partial charge is 0.252 e. The molecule has 0 saturated carbocycles. The van der Waals surface area contributed by atoms with Crippen molar-refractivity contribution in [2.75, 3.05) is 13.2 Å². The van der Waals surface area contributed by atoms with Crippen LogP contribution in [-0.2, 0) is 11.3 Å². The van der Waals surface area contributed by atoms with Gasteiger partial charge in [-0.15, -0.1) is 0 Å². The van der Waals surface area contributed by atoms with Gasteiger partial charge in [0.15, 0.2) is 5.82 Å². The highest BCUT2D eigenvalue weighted by Crippen LogP contribution is 2.06. The van der Waals surface area contributed by atoms with Gasteiger partial charge in [0.1, 0.15) is 6.61 Å². The van der Waals surface area contributed by atoms with Gasteiger partial charge in [-0.3, -0.25) is 0 Å². The zero-order chi connectivity index (χ0) is 10.4. The van der Waals surface area contributed by atoms with Crippen LogP contribution in [0.2, 0.25) is 0 Å².